The molecular formula is C25H25F3N4O3. The minimum atomic E-state index is -2.91. The Bertz CT molecular complexity index is 1310. The summed E-state index contributed by atoms with van der Waals surface area (Å²) < 4.78 is 53.2. The number of fused-ring (bicyclic) bond motifs is 3. The van der Waals surface area contributed by atoms with Crippen molar-refractivity contribution in [2.45, 2.75) is 45.8 Å². The van der Waals surface area contributed by atoms with Gasteiger partial charge in [-0.25, -0.2) is 23.1 Å². The number of hydrogen-bond donors (Lipinski definition) is 1. The van der Waals surface area contributed by atoms with Gasteiger partial charge in [-0.3, -0.25) is 4.79 Å². The topological polar surface area (TPSA) is 76.6 Å². The highest BCUT2D eigenvalue weighted by atomic mass is 19.3. The average Bonchev–Trinajstić information content (AvgIpc) is 3.26. The van der Waals surface area contributed by atoms with Gasteiger partial charge in [0.25, 0.3) is 6.43 Å². The van der Waals surface area contributed by atoms with E-state index in [1.165, 1.54) is 19.1 Å². The Labute approximate surface area is 200 Å². The zero-order valence-corrected chi connectivity index (χ0v) is 19.6. The van der Waals surface area contributed by atoms with E-state index in [0.29, 0.717) is 60.2 Å². The molecule has 7 nitrogen and oxygen atoms in total. The molecule has 5 rings (SSSR count). The zero-order valence-electron chi connectivity index (χ0n) is 19.6. The quantitative estimate of drug-likeness (QED) is 0.543. The van der Waals surface area contributed by atoms with Gasteiger partial charge in [-0.2, -0.15) is 0 Å². The van der Waals surface area contributed by atoms with E-state index >= 15 is 0 Å². The molecule has 0 spiro atoms. The molecule has 1 atom stereocenters. The molecule has 1 aromatic heterocycles. The maximum absolute atomic E-state index is 14.8. The van der Waals surface area contributed by atoms with Crippen LogP contribution in [0.4, 0.5) is 19.0 Å². The fraction of sp³-hybridized carbons (Fsp3) is 0.400. The number of likely N-dealkylation sites (tertiary alicyclic amines) is 1. The largest absolute Gasteiger partial charge is 0.489 e. The van der Waals surface area contributed by atoms with E-state index in [9.17, 15) is 18.0 Å². The third-order valence-electron chi connectivity index (χ3n) is 6.42. The fourth-order valence-electron chi connectivity index (χ4n) is 4.55. The first-order valence-electron chi connectivity index (χ1n) is 11.4. The third kappa shape index (κ3) is 4.21. The van der Waals surface area contributed by atoms with Gasteiger partial charge in [0.05, 0.1) is 36.8 Å². The number of amides is 1. The Balaban J connectivity index is 1.51. The number of hydrogen-bond acceptors (Lipinski definition) is 6. The van der Waals surface area contributed by atoms with Crippen molar-refractivity contribution >= 4 is 22.6 Å². The molecule has 10 heteroatoms. The standard InChI is InChI=1S/C25H25F3N4O3/c1-12(16-5-4-6-17(21(16)26)24(27)28)29-25-19-9-20(35-15-10-32(11-15)14(3)33)23-18(7-8-34-23)22(19)30-13(2)31-25/h4-6,9,12,15,24H,7-8,10-11H2,1-3H3,(H,29,30,31)/t12-/m1/s1. The summed E-state index contributed by atoms with van der Waals surface area (Å²) >= 11 is 0. The minimum Gasteiger partial charge on any atom is -0.489 e. The second kappa shape index (κ2) is 8.90. The Morgan fingerprint density at radius 2 is 2.00 bits per heavy atom. The fourth-order valence-corrected chi connectivity index (χ4v) is 4.55. The first kappa shape index (κ1) is 23.2. The highest BCUT2D eigenvalue weighted by molar-refractivity contribution is 5.95. The normalized spacial score (nSPS) is 16.1. The zero-order chi connectivity index (χ0) is 24.9. The van der Waals surface area contributed by atoms with Crippen molar-refractivity contribution in [3.63, 3.8) is 0 Å². The smallest absolute Gasteiger partial charge is 0.266 e. The minimum absolute atomic E-state index is 0.00247. The Kier molecular flexibility index (Phi) is 5.90. The first-order chi connectivity index (χ1) is 16.7. The van der Waals surface area contributed by atoms with Gasteiger partial charge in [0, 0.05) is 29.9 Å². The van der Waals surface area contributed by atoms with Crippen LogP contribution in [0.5, 0.6) is 11.5 Å². The lowest BCUT2D eigenvalue weighted by Crippen LogP contribution is -2.55. The van der Waals surface area contributed by atoms with E-state index in [0.717, 1.165) is 11.6 Å². The SMILES string of the molecule is CC(=O)N1CC(Oc2cc3c(N[C@H](C)c4cccc(C(F)F)c4F)nc(C)nc3c3c2OCC3)C1. The van der Waals surface area contributed by atoms with Crippen molar-refractivity contribution in [2.75, 3.05) is 25.0 Å². The molecule has 1 N–H and O–H groups in total. The summed E-state index contributed by atoms with van der Waals surface area (Å²) in [6.45, 7) is 6.44. The number of aromatic nitrogens is 2. The molecule has 2 aliphatic rings. The molecule has 3 aromatic rings. The molecule has 0 aliphatic carbocycles. The van der Waals surface area contributed by atoms with Crippen LogP contribution in [0.2, 0.25) is 0 Å². The molecule has 1 amide bonds. The van der Waals surface area contributed by atoms with E-state index in [2.05, 4.69) is 15.3 Å². The van der Waals surface area contributed by atoms with Gasteiger partial charge >= 0.3 is 0 Å². The molecule has 0 unspecified atom stereocenters. The molecule has 0 bridgehead atoms. The highest BCUT2D eigenvalue weighted by Crippen LogP contribution is 2.43. The van der Waals surface area contributed by atoms with E-state index in [4.69, 9.17) is 9.47 Å². The van der Waals surface area contributed by atoms with Gasteiger partial charge in [-0.15, -0.1) is 0 Å². The number of anilines is 1. The number of nitrogens with zero attached hydrogens (tertiary/aromatic N) is 3. The van der Waals surface area contributed by atoms with E-state index in [-0.39, 0.29) is 17.6 Å². The molecule has 3 heterocycles. The van der Waals surface area contributed by atoms with Crippen molar-refractivity contribution < 1.29 is 27.4 Å². The van der Waals surface area contributed by atoms with Crippen LogP contribution in [0, 0.1) is 12.7 Å². The number of carbonyl (C=O) groups excluding carboxylic acids is 1. The van der Waals surface area contributed by atoms with Crippen molar-refractivity contribution in [3.05, 3.63) is 52.6 Å². The number of alkyl halides is 2. The summed E-state index contributed by atoms with van der Waals surface area (Å²) in [6.07, 6.45) is -2.42. The number of halogens is 3. The molecule has 1 saturated heterocycles. The Morgan fingerprint density at radius 3 is 2.71 bits per heavy atom. The summed E-state index contributed by atoms with van der Waals surface area (Å²) in [7, 11) is 0. The lowest BCUT2D eigenvalue weighted by atomic mass is 10.0. The molecule has 1 fully saturated rings. The van der Waals surface area contributed by atoms with Crippen LogP contribution >= 0.6 is 0 Å². The molecule has 35 heavy (non-hydrogen) atoms. The highest BCUT2D eigenvalue weighted by Gasteiger charge is 2.33. The van der Waals surface area contributed by atoms with Gasteiger partial charge in [-0.05, 0) is 19.9 Å². The number of ether oxygens (including phenoxy) is 2. The number of carbonyl (C=O) groups is 1. The average molecular weight is 486 g/mol. The van der Waals surface area contributed by atoms with Crippen LogP contribution in [0.25, 0.3) is 10.9 Å². The van der Waals surface area contributed by atoms with Gasteiger partial charge < -0.3 is 19.7 Å². The lowest BCUT2D eigenvalue weighted by molar-refractivity contribution is -0.137. The van der Waals surface area contributed by atoms with Gasteiger partial charge in [0.2, 0.25) is 5.91 Å². The maximum Gasteiger partial charge on any atom is 0.266 e. The van der Waals surface area contributed by atoms with E-state index < -0.39 is 23.8 Å². The van der Waals surface area contributed by atoms with Gasteiger partial charge in [-0.1, -0.05) is 18.2 Å². The maximum atomic E-state index is 14.8. The molecular weight excluding hydrogens is 461 g/mol. The van der Waals surface area contributed by atoms with Crippen LogP contribution in [0.1, 0.15) is 48.8 Å². The summed E-state index contributed by atoms with van der Waals surface area (Å²) in [5.41, 5.74) is 1.08. The van der Waals surface area contributed by atoms with Gasteiger partial charge in [0.1, 0.15) is 23.6 Å². The first-order valence-corrected chi connectivity index (χ1v) is 11.4. The van der Waals surface area contributed by atoms with Crippen LogP contribution < -0.4 is 14.8 Å². The molecule has 2 aliphatic heterocycles. The molecule has 0 saturated carbocycles. The Morgan fingerprint density at radius 1 is 1.26 bits per heavy atom. The number of benzene rings is 2. The summed E-state index contributed by atoms with van der Waals surface area (Å²) in [5, 5.41) is 3.85. The molecule has 184 valence electrons. The van der Waals surface area contributed by atoms with E-state index in [1.807, 2.05) is 0 Å². The van der Waals surface area contributed by atoms with Crippen LogP contribution in [-0.2, 0) is 11.2 Å². The van der Waals surface area contributed by atoms with Crippen molar-refractivity contribution in [2.24, 2.45) is 0 Å². The summed E-state index contributed by atoms with van der Waals surface area (Å²) in [5.74, 6) is 1.18. The van der Waals surface area contributed by atoms with Crippen LogP contribution in [0.15, 0.2) is 24.3 Å². The van der Waals surface area contributed by atoms with Crippen LogP contribution in [-0.4, -0.2) is 46.6 Å². The summed E-state index contributed by atoms with van der Waals surface area (Å²) in [4.78, 5) is 22.4. The van der Waals surface area contributed by atoms with Crippen molar-refractivity contribution in [1.82, 2.24) is 14.9 Å². The molecule has 0 radical (unpaired) electrons. The van der Waals surface area contributed by atoms with Gasteiger partial charge in [0.15, 0.2) is 11.5 Å². The number of nitrogens with one attached hydrogen (secondary N) is 1. The number of rotatable bonds is 6. The van der Waals surface area contributed by atoms with E-state index in [1.54, 1.807) is 24.8 Å². The lowest BCUT2D eigenvalue weighted by Gasteiger charge is -2.38. The molecule has 2 aromatic carbocycles. The predicted octanol–water partition coefficient (Wildman–Crippen LogP) is 4.73. The third-order valence-corrected chi connectivity index (χ3v) is 6.42. The van der Waals surface area contributed by atoms with Crippen molar-refractivity contribution in [1.29, 1.82) is 0 Å². The second-order valence-corrected chi connectivity index (χ2v) is 8.88. The Hall–Kier alpha value is -3.56. The van der Waals surface area contributed by atoms with Crippen molar-refractivity contribution in [3.8, 4) is 11.5 Å². The number of aryl methyl sites for hydroxylation is 1. The predicted molar refractivity (Wildman–Crippen MR) is 124 cm³/mol. The summed E-state index contributed by atoms with van der Waals surface area (Å²) in [6, 6.07) is 5.13. The monoisotopic (exact) mass is 486 g/mol. The van der Waals surface area contributed by atoms with Crippen LogP contribution in [0.3, 0.4) is 0 Å². The second-order valence-electron chi connectivity index (χ2n) is 8.88.